The lowest BCUT2D eigenvalue weighted by molar-refractivity contribution is 0.258. The number of hydrogen-bond acceptors (Lipinski definition) is 2. The molecule has 2 heteroatoms. The highest BCUT2D eigenvalue weighted by Crippen LogP contribution is 2.40. The molecule has 0 bridgehead atoms. The van der Waals surface area contributed by atoms with Crippen LogP contribution in [0.5, 0.6) is 0 Å². The molecule has 0 spiro atoms. The number of nitriles is 1. The lowest BCUT2D eigenvalue weighted by atomic mass is 9.83. The maximum Gasteiger partial charge on any atom is 0.0638 e. The van der Waals surface area contributed by atoms with Crippen LogP contribution in [0.15, 0.2) is 0 Å². The smallest absolute Gasteiger partial charge is 0.0638 e. The Morgan fingerprint density at radius 3 is 2.57 bits per heavy atom. The van der Waals surface area contributed by atoms with Crippen molar-refractivity contribution in [2.24, 2.45) is 5.41 Å². The summed E-state index contributed by atoms with van der Waals surface area (Å²) in [5.41, 5.74) is 0.545. The summed E-state index contributed by atoms with van der Waals surface area (Å²) in [7, 11) is 0. The third-order valence-electron chi connectivity index (χ3n) is 3.64. The molecule has 0 radical (unpaired) electrons. The van der Waals surface area contributed by atoms with Crippen molar-refractivity contribution in [1.29, 1.82) is 5.26 Å². The van der Waals surface area contributed by atoms with E-state index in [2.05, 4.69) is 25.2 Å². The van der Waals surface area contributed by atoms with Crippen LogP contribution < -0.4 is 5.32 Å². The van der Waals surface area contributed by atoms with Crippen molar-refractivity contribution < 1.29 is 0 Å². The van der Waals surface area contributed by atoms with Crippen molar-refractivity contribution >= 4 is 0 Å². The summed E-state index contributed by atoms with van der Waals surface area (Å²) >= 11 is 0. The van der Waals surface area contributed by atoms with Crippen LogP contribution in [0.3, 0.4) is 0 Å². The lowest BCUT2D eigenvalue weighted by Crippen LogP contribution is -2.36. The van der Waals surface area contributed by atoms with Crippen LogP contribution in [0.25, 0.3) is 0 Å². The van der Waals surface area contributed by atoms with Crippen molar-refractivity contribution in [2.45, 2.75) is 58.4 Å². The summed E-state index contributed by atoms with van der Waals surface area (Å²) in [6.07, 6.45) is 7.43. The van der Waals surface area contributed by atoms with Gasteiger partial charge in [0.25, 0.3) is 0 Å². The van der Waals surface area contributed by atoms with E-state index in [0.717, 1.165) is 6.54 Å². The molecule has 2 nitrogen and oxygen atoms in total. The Labute approximate surface area is 87.7 Å². The molecule has 80 valence electrons. The Morgan fingerprint density at radius 2 is 2.07 bits per heavy atom. The van der Waals surface area contributed by atoms with Gasteiger partial charge in [0.1, 0.15) is 0 Å². The molecular weight excluding hydrogens is 172 g/mol. The first kappa shape index (κ1) is 11.5. The SMILES string of the molecule is CCC1(CNC(C)CC#N)CCCC1. The van der Waals surface area contributed by atoms with Crippen molar-refractivity contribution in [2.75, 3.05) is 6.54 Å². The summed E-state index contributed by atoms with van der Waals surface area (Å²) < 4.78 is 0. The molecule has 1 saturated carbocycles. The molecule has 0 aromatic rings. The molecule has 1 aliphatic rings. The zero-order chi connectivity index (χ0) is 10.4. The summed E-state index contributed by atoms with van der Waals surface area (Å²) in [6.45, 7) is 5.50. The van der Waals surface area contributed by atoms with Gasteiger partial charge in [-0.1, -0.05) is 19.8 Å². The van der Waals surface area contributed by atoms with Gasteiger partial charge in [-0.05, 0) is 31.6 Å². The average Bonchev–Trinajstić information content (AvgIpc) is 2.65. The molecule has 1 atom stereocenters. The fourth-order valence-corrected chi connectivity index (χ4v) is 2.38. The van der Waals surface area contributed by atoms with Gasteiger partial charge in [-0.2, -0.15) is 5.26 Å². The Bertz CT molecular complexity index is 199. The predicted octanol–water partition coefficient (Wildman–Crippen LogP) is 2.85. The minimum absolute atomic E-state index is 0.351. The predicted molar refractivity (Wildman–Crippen MR) is 58.9 cm³/mol. The molecule has 0 amide bonds. The Kier molecular flexibility index (Phi) is 4.41. The van der Waals surface area contributed by atoms with E-state index >= 15 is 0 Å². The number of nitrogens with zero attached hydrogens (tertiary/aromatic N) is 1. The van der Waals surface area contributed by atoms with Crippen LogP contribution >= 0.6 is 0 Å². The van der Waals surface area contributed by atoms with Crippen LogP contribution in [-0.4, -0.2) is 12.6 Å². The van der Waals surface area contributed by atoms with Crippen LogP contribution in [-0.2, 0) is 0 Å². The van der Waals surface area contributed by atoms with E-state index in [-0.39, 0.29) is 0 Å². The summed E-state index contributed by atoms with van der Waals surface area (Å²) in [6, 6.07) is 2.56. The molecule has 1 rings (SSSR count). The summed E-state index contributed by atoms with van der Waals surface area (Å²) in [4.78, 5) is 0. The molecular formula is C12H22N2. The number of hydrogen-bond donors (Lipinski definition) is 1. The second kappa shape index (κ2) is 5.36. The standard InChI is InChI=1S/C12H22N2/c1-3-12(7-4-5-8-12)10-14-11(2)6-9-13/h11,14H,3-8,10H2,1-2H3. The van der Waals surface area contributed by atoms with Crippen molar-refractivity contribution in [3.63, 3.8) is 0 Å². The van der Waals surface area contributed by atoms with E-state index in [1.807, 2.05) is 0 Å². The third kappa shape index (κ3) is 2.99. The van der Waals surface area contributed by atoms with Crippen LogP contribution in [0.1, 0.15) is 52.4 Å². The molecule has 1 unspecified atom stereocenters. The van der Waals surface area contributed by atoms with Crippen molar-refractivity contribution in [3.05, 3.63) is 0 Å². The largest absolute Gasteiger partial charge is 0.313 e. The van der Waals surface area contributed by atoms with Gasteiger partial charge >= 0.3 is 0 Å². The van der Waals surface area contributed by atoms with Gasteiger partial charge in [-0.3, -0.25) is 0 Å². The van der Waals surface area contributed by atoms with Crippen molar-refractivity contribution in [1.82, 2.24) is 5.32 Å². The van der Waals surface area contributed by atoms with Gasteiger partial charge in [0.05, 0.1) is 12.5 Å². The fourth-order valence-electron chi connectivity index (χ4n) is 2.38. The van der Waals surface area contributed by atoms with Gasteiger partial charge in [-0.15, -0.1) is 0 Å². The number of rotatable bonds is 5. The van der Waals surface area contributed by atoms with E-state index in [1.54, 1.807) is 0 Å². The van der Waals surface area contributed by atoms with E-state index < -0.39 is 0 Å². The highest BCUT2D eigenvalue weighted by atomic mass is 14.9. The zero-order valence-corrected chi connectivity index (χ0v) is 9.47. The van der Waals surface area contributed by atoms with Gasteiger partial charge in [0.15, 0.2) is 0 Å². The van der Waals surface area contributed by atoms with Crippen LogP contribution in [0, 0.1) is 16.7 Å². The summed E-state index contributed by atoms with van der Waals surface area (Å²) in [5.74, 6) is 0. The highest BCUT2D eigenvalue weighted by molar-refractivity contribution is 4.87. The monoisotopic (exact) mass is 194 g/mol. The maximum atomic E-state index is 8.56. The minimum atomic E-state index is 0.351. The second-order valence-electron chi connectivity index (χ2n) is 4.70. The highest BCUT2D eigenvalue weighted by Gasteiger charge is 2.31. The molecule has 14 heavy (non-hydrogen) atoms. The first-order valence-corrected chi connectivity index (χ1v) is 5.83. The van der Waals surface area contributed by atoms with Crippen molar-refractivity contribution in [3.8, 4) is 6.07 Å². The molecule has 0 aromatic heterocycles. The Hall–Kier alpha value is -0.550. The second-order valence-corrected chi connectivity index (χ2v) is 4.70. The average molecular weight is 194 g/mol. The molecule has 1 fully saturated rings. The fraction of sp³-hybridized carbons (Fsp3) is 0.917. The maximum absolute atomic E-state index is 8.56. The van der Waals surface area contributed by atoms with Gasteiger partial charge in [0.2, 0.25) is 0 Å². The van der Waals surface area contributed by atoms with Crippen LogP contribution in [0.2, 0.25) is 0 Å². The van der Waals surface area contributed by atoms with E-state index in [4.69, 9.17) is 5.26 Å². The zero-order valence-electron chi connectivity index (χ0n) is 9.47. The first-order chi connectivity index (χ1) is 6.72. The third-order valence-corrected chi connectivity index (χ3v) is 3.64. The Balaban J connectivity index is 2.31. The Morgan fingerprint density at radius 1 is 1.43 bits per heavy atom. The summed E-state index contributed by atoms with van der Waals surface area (Å²) in [5, 5.41) is 12.1. The molecule has 1 N–H and O–H groups in total. The van der Waals surface area contributed by atoms with Gasteiger partial charge in [0, 0.05) is 12.6 Å². The minimum Gasteiger partial charge on any atom is -0.313 e. The quantitative estimate of drug-likeness (QED) is 0.730. The first-order valence-electron chi connectivity index (χ1n) is 5.83. The lowest BCUT2D eigenvalue weighted by Gasteiger charge is -2.29. The van der Waals surface area contributed by atoms with E-state index in [0.29, 0.717) is 17.9 Å². The molecule has 0 heterocycles. The molecule has 0 aliphatic heterocycles. The topological polar surface area (TPSA) is 35.8 Å². The molecule has 1 aliphatic carbocycles. The van der Waals surface area contributed by atoms with E-state index in [1.165, 1.54) is 32.1 Å². The van der Waals surface area contributed by atoms with Gasteiger partial charge in [-0.25, -0.2) is 0 Å². The molecule has 0 aromatic carbocycles. The van der Waals surface area contributed by atoms with Crippen LogP contribution in [0.4, 0.5) is 0 Å². The molecule has 0 saturated heterocycles. The number of nitrogens with one attached hydrogen (secondary N) is 1. The normalized spacial score (nSPS) is 21.8. The van der Waals surface area contributed by atoms with E-state index in [9.17, 15) is 0 Å². The van der Waals surface area contributed by atoms with Gasteiger partial charge < -0.3 is 5.32 Å².